The Balaban J connectivity index is 1.50. The maximum absolute atomic E-state index is 11.6. The molecule has 6 nitrogen and oxygen atoms in total. The molecule has 0 spiro atoms. The molecular formula is C24H33N5OS. The number of hydrogen-bond donors (Lipinski definition) is 3. The van der Waals surface area contributed by atoms with Crippen LogP contribution in [0.15, 0.2) is 69.4 Å². The van der Waals surface area contributed by atoms with Crippen LogP contribution in [0, 0.1) is 0 Å². The maximum atomic E-state index is 11.6. The van der Waals surface area contributed by atoms with Crippen LogP contribution in [0.25, 0.3) is 0 Å². The van der Waals surface area contributed by atoms with Crippen LogP contribution in [-0.2, 0) is 11.3 Å². The highest BCUT2D eigenvalue weighted by atomic mass is 32.2. The van der Waals surface area contributed by atoms with Crippen LogP contribution in [-0.4, -0.2) is 56.0 Å². The van der Waals surface area contributed by atoms with E-state index >= 15 is 0 Å². The Bertz CT molecular complexity index is 833. The molecule has 1 aliphatic rings. The molecule has 2 aromatic rings. The van der Waals surface area contributed by atoms with Crippen LogP contribution in [0.4, 0.5) is 0 Å². The van der Waals surface area contributed by atoms with Gasteiger partial charge in [-0.25, -0.2) is 4.99 Å². The normalized spacial score (nSPS) is 15.5. The molecule has 7 heteroatoms. The van der Waals surface area contributed by atoms with Crippen molar-refractivity contribution in [3.8, 4) is 0 Å². The van der Waals surface area contributed by atoms with Crippen molar-refractivity contribution in [1.82, 2.24) is 20.9 Å². The number of nitrogens with one attached hydrogen (secondary N) is 3. The van der Waals surface area contributed by atoms with E-state index in [1.165, 1.54) is 15.4 Å². The first-order chi connectivity index (χ1) is 15.2. The number of amides is 1. The lowest BCUT2D eigenvalue weighted by Crippen LogP contribution is -2.50. The second-order valence-corrected chi connectivity index (χ2v) is 8.77. The van der Waals surface area contributed by atoms with Gasteiger partial charge in [0.15, 0.2) is 5.96 Å². The number of aliphatic imine (C=N–C) groups is 1. The Morgan fingerprint density at radius 2 is 1.74 bits per heavy atom. The average molecular weight is 440 g/mol. The number of benzene rings is 2. The van der Waals surface area contributed by atoms with Crippen molar-refractivity contribution < 1.29 is 4.79 Å². The summed E-state index contributed by atoms with van der Waals surface area (Å²) < 4.78 is 0. The summed E-state index contributed by atoms with van der Waals surface area (Å²) in [5, 5.41) is 9.61. The van der Waals surface area contributed by atoms with Gasteiger partial charge in [0.1, 0.15) is 0 Å². The van der Waals surface area contributed by atoms with Gasteiger partial charge in [-0.15, -0.1) is 0 Å². The molecule has 1 saturated heterocycles. The lowest BCUT2D eigenvalue weighted by Gasteiger charge is -2.32. The minimum Gasteiger partial charge on any atom is -0.358 e. The Kier molecular flexibility index (Phi) is 9.24. The van der Waals surface area contributed by atoms with Gasteiger partial charge in [0, 0.05) is 42.5 Å². The summed E-state index contributed by atoms with van der Waals surface area (Å²) in [6, 6.07) is 19.4. The molecule has 1 heterocycles. The number of hydrogen-bond acceptors (Lipinski definition) is 4. The Labute approximate surface area is 189 Å². The summed E-state index contributed by atoms with van der Waals surface area (Å²) in [5.74, 6) is 0.935. The van der Waals surface area contributed by atoms with Gasteiger partial charge < -0.3 is 16.0 Å². The quantitative estimate of drug-likeness (QED) is 0.436. The van der Waals surface area contributed by atoms with Crippen molar-refractivity contribution in [2.75, 3.05) is 33.2 Å². The van der Waals surface area contributed by atoms with E-state index in [4.69, 9.17) is 4.99 Å². The molecule has 3 rings (SSSR count). The van der Waals surface area contributed by atoms with Crippen molar-refractivity contribution in [2.45, 2.75) is 42.1 Å². The van der Waals surface area contributed by atoms with Crippen LogP contribution in [0.3, 0.4) is 0 Å². The molecule has 0 aromatic heterocycles. The van der Waals surface area contributed by atoms with Gasteiger partial charge in [-0.05, 0) is 49.6 Å². The van der Waals surface area contributed by atoms with E-state index in [0.29, 0.717) is 19.1 Å². The topological polar surface area (TPSA) is 68.8 Å². The zero-order valence-corrected chi connectivity index (χ0v) is 19.3. The van der Waals surface area contributed by atoms with Gasteiger partial charge in [0.05, 0.1) is 13.1 Å². The zero-order valence-electron chi connectivity index (χ0n) is 18.4. The second kappa shape index (κ2) is 12.4. The molecule has 0 aliphatic carbocycles. The van der Waals surface area contributed by atoms with Gasteiger partial charge in [0.2, 0.25) is 5.91 Å². The molecule has 3 N–H and O–H groups in total. The summed E-state index contributed by atoms with van der Waals surface area (Å²) in [6.07, 6.45) is 2.01. The number of carbonyl (C=O) groups is 1. The van der Waals surface area contributed by atoms with Crippen molar-refractivity contribution in [2.24, 2.45) is 4.99 Å². The number of rotatable bonds is 8. The molecule has 0 atom stereocenters. The van der Waals surface area contributed by atoms with Gasteiger partial charge >= 0.3 is 0 Å². The predicted octanol–water partition coefficient (Wildman–Crippen LogP) is 3.10. The summed E-state index contributed by atoms with van der Waals surface area (Å²) in [6.45, 7) is 5.87. The third-order valence-corrected chi connectivity index (χ3v) is 6.26. The Morgan fingerprint density at radius 1 is 1.06 bits per heavy atom. The first kappa shape index (κ1) is 23.2. The highest BCUT2D eigenvalue weighted by Crippen LogP contribution is 2.27. The number of nitrogens with zero attached hydrogens (tertiary/aromatic N) is 2. The molecule has 0 unspecified atom stereocenters. The summed E-state index contributed by atoms with van der Waals surface area (Å²) in [4.78, 5) is 21.0. The fourth-order valence-corrected chi connectivity index (χ4v) is 4.33. The molecule has 0 saturated carbocycles. The minimum atomic E-state index is 0.0782. The van der Waals surface area contributed by atoms with E-state index in [9.17, 15) is 4.79 Å². The van der Waals surface area contributed by atoms with Crippen LogP contribution >= 0.6 is 11.8 Å². The van der Waals surface area contributed by atoms with Crippen molar-refractivity contribution in [3.63, 3.8) is 0 Å². The zero-order chi connectivity index (χ0) is 21.9. The molecule has 166 valence electrons. The summed E-state index contributed by atoms with van der Waals surface area (Å²) in [7, 11) is 1.69. The lowest BCUT2D eigenvalue weighted by molar-refractivity contribution is -0.122. The van der Waals surface area contributed by atoms with E-state index in [2.05, 4.69) is 76.3 Å². The molecule has 0 radical (unpaired) electrons. The monoisotopic (exact) mass is 439 g/mol. The average Bonchev–Trinajstić information content (AvgIpc) is 2.80. The van der Waals surface area contributed by atoms with Crippen molar-refractivity contribution in [3.05, 3.63) is 60.2 Å². The van der Waals surface area contributed by atoms with Crippen LogP contribution < -0.4 is 16.0 Å². The third-order valence-electron chi connectivity index (χ3n) is 5.24. The number of likely N-dealkylation sites (N-methyl/N-ethyl adjacent to an activating group) is 1. The van der Waals surface area contributed by atoms with Crippen LogP contribution in [0.2, 0.25) is 0 Å². The number of guanidine groups is 1. The van der Waals surface area contributed by atoms with Gasteiger partial charge in [-0.1, -0.05) is 42.1 Å². The number of piperidine rings is 1. The summed E-state index contributed by atoms with van der Waals surface area (Å²) in [5.41, 5.74) is 1.19. The highest BCUT2D eigenvalue weighted by Gasteiger charge is 2.21. The molecule has 0 bridgehead atoms. The lowest BCUT2D eigenvalue weighted by atomic mass is 10.1. The first-order valence-electron chi connectivity index (χ1n) is 11.0. The first-order valence-corrected chi connectivity index (χ1v) is 11.8. The van der Waals surface area contributed by atoms with Gasteiger partial charge in [0.25, 0.3) is 0 Å². The van der Waals surface area contributed by atoms with E-state index in [1.807, 2.05) is 6.07 Å². The van der Waals surface area contributed by atoms with Crippen LogP contribution in [0.5, 0.6) is 0 Å². The van der Waals surface area contributed by atoms with E-state index in [0.717, 1.165) is 38.4 Å². The molecule has 2 aromatic carbocycles. The van der Waals surface area contributed by atoms with Crippen molar-refractivity contribution in [1.29, 1.82) is 0 Å². The van der Waals surface area contributed by atoms with E-state index < -0.39 is 0 Å². The molecule has 1 aliphatic heterocycles. The van der Waals surface area contributed by atoms with Crippen LogP contribution in [0.1, 0.15) is 25.3 Å². The van der Waals surface area contributed by atoms with Crippen molar-refractivity contribution >= 4 is 23.6 Å². The Hall–Kier alpha value is -2.51. The third kappa shape index (κ3) is 7.92. The second-order valence-electron chi connectivity index (χ2n) is 7.62. The molecular weight excluding hydrogens is 406 g/mol. The van der Waals surface area contributed by atoms with E-state index in [1.54, 1.807) is 18.8 Å². The number of likely N-dealkylation sites (tertiary alicyclic amines) is 1. The highest BCUT2D eigenvalue weighted by molar-refractivity contribution is 7.99. The molecule has 1 amide bonds. The van der Waals surface area contributed by atoms with E-state index in [-0.39, 0.29) is 5.91 Å². The minimum absolute atomic E-state index is 0.0782. The Morgan fingerprint density at radius 3 is 2.39 bits per heavy atom. The maximum Gasteiger partial charge on any atom is 0.233 e. The fourth-order valence-electron chi connectivity index (χ4n) is 3.49. The smallest absolute Gasteiger partial charge is 0.233 e. The number of carbonyl (C=O) groups excluding carboxylic acids is 1. The predicted molar refractivity (Wildman–Crippen MR) is 128 cm³/mol. The van der Waals surface area contributed by atoms with Gasteiger partial charge in [-0.3, -0.25) is 9.69 Å². The molecule has 1 fully saturated rings. The molecule has 31 heavy (non-hydrogen) atoms. The van der Waals surface area contributed by atoms with Gasteiger partial charge in [-0.2, -0.15) is 0 Å². The standard InChI is InChI=1S/C24H33N5OS/c1-3-26-24(28-20-13-15-29(16-14-20)18-23(30)25-2)27-17-19-9-11-22(12-10-19)31-21-7-5-4-6-8-21/h4-12,20H,3,13-18H2,1-2H3,(H,25,30)(H2,26,27,28). The fraction of sp³-hybridized carbons (Fsp3) is 0.417. The summed E-state index contributed by atoms with van der Waals surface area (Å²) >= 11 is 1.77. The largest absolute Gasteiger partial charge is 0.358 e. The SMILES string of the molecule is CCNC(=NCc1ccc(Sc2ccccc2)cc1)NC1CCN(CC(=O)NC)CC1.